The molecular formula is C25H36N2O6. The number of ether oxygens (including phenoxy) is 2. The highest BCUT2D eigenvalue weighted by Gasteiger charge is 2.74. The Balaban J connectivity index is 1.76. The van der Waals surface area contributed by atoms with Crippen LogP contribution in [0.4, 0.5) is 0 Å². The minimum absolute atomic E-state index is 0.143. The van der Waals surface area contributed by atoms with E-state index in [-0.39, 0.29) is 25.0 Å². The second kappa shape index (κ2) is 8.55. The van der Waals surface area contributed by atoms with Crippen molar-refractivity contribution in [3.05, 3.63) is 24.3 Å². The molecule has 8 heteroatoms. The Morgan fingerprint density at radius 1 is 1.03 bits per heavy atom. The number of carbonyl (C=O) groups is 3. The predicted octanol–water partition coefficient (Wildman–Crippen LogP) is 1.82. The molecule has 4 aliphatic heterocycles. The number of rotatable bonds is 6. The second-order valence-corrected chi connectivity index (χ2v) is 10.7. The average Bonchev–Trinajstić information content (AvgIpc) is 2.97. The molecule has 0 saturated carbocycles. The van der Waals surface area contributed by atoms with Gasteiger partial charge in [0.2, 0.25) is 11.8 Å². The van der Waals surface area contributed by atoms with Crippen LogP contribution in [0.25, 0.3) is 0 Å². The van der Waals surface area contributed by atoms with Gasteiger partial charge in [-0.3, -0.25) is 14.4 Å². The Morgan fingerprint density at radius 2 is 1.76 bits per heavy atom. The highest BCUT2D eigenvalue weighted by molar-refractivity contribution is 5.99. The minimum atomic E-state index is -1.22. The Morgan fingerprint density at radius 3 is 2.45 bits per heavy atom. The van der Waals surface area contributed by atoms with Crippen LogP contribution in [0.1, 0.15) is 53.4 Å². The molecule has 4 heterocycles. The topological polar surface area (TPSA) is 96.4 Å². The smallest absolute Gasteiger partial charge is 0.313 e. The minimum Gasteiger partial charge on any atom is -0.461 e. The van der Waals surface area contributed by atoms with Gasteiger partial charge in [0.05, 0.1) is 11.5 Å². The lowest BCUT2D eigenvalue weighted by Gasteiger charge is -2.41. The standard InChI is InChI=1S/C25H36N2O6/c1-23(2,3)27-14-9-12-25-17(18-22(31)32-16-10-11-24(18,4)33-25)20(29)26(19(25)21(27)30)13-7-5-6-8-15-28/h9-12,17-19,28H,5-8,13-16H2,1-4H3/t17-,18-,19?,24+,25-/m0/s1. The van der Waals surface area contributed by atoms with E-state index in [0.717, 1.165) is 12.8 Å². The number of aliphatic hydroxyl groups excluding tert-OH is 1. The van der Waals surface area contributed by atoms with E-state index in [0.29, 0.717) is 25.9 Å². The number of esters is 1. The number of carbonyl (C=O) groups excluding carboxylic acids is 3. The molecule has 4 aliphatic rings. The largest absolute Gasteiger partial charge is 0.461 e. The SMILES string of the molecule is CC(C)(C)N1CC=C[C@]23O[C@]4(C)C=CCOC(=O)[C@@H]4[C@H]2C(=O)N(CCCCCCO)C3C1=O. The van der Waals surface area contributed by atoms with Crippen molar-refractivity contribution in [1.29, 1.82) is 0 Å². The Kier molecular flexibility index (Phi) is 6.20. The third-order valence-electron chi connectivity index (χ3n) is 7.43. The van der Waals surface area contributed by atoms with Gasteiger partial charge in [0.1, 0.15) is 24.2 Å². The van der Waals surface area contributed by atoms with Gasteiger partial charge in [0, 0.05) is 25.2 Å². The fourth-order valence-corrected chi connectivity index (χ4v) is 5.95. The fourth-order valence-electron chi connectivity index (χ4n) is 5.95. The number of hydrogen-bond donors (Lipinski definition) is 1. The normalized spacial score (nSPS) is 35.8. The molecule has 182 valence electrons. The van der Waals surface area contributed by atoms with Crippen LogP contribution in [0.5, 0.6) is 0 Å². The molecule has 1 N–H and O–H groups in total. The maximum absolute atomic E-state index is 14.0. The van der Waals surface area contributed by atoms with Crippen LogP contribution in [0.2, 0.25) is 0 Å². The highest BCUT2D eigenvalue weighted by atomic mass is 16.6. The van der Waals surface area contributed by atoms with Gasteiger partial charge in [-0.1, -0.05) is 31.1 Å². The summed E-state index contributed by atoms with van der Waals surface area (Å²) in [4.78, 5) is 44.4. The summed E-state index contributed by atoms with van der Waals surface area (Å²) in [6, 6.07) is -0.837. The molecule has 0 aromatic carbocycles. The van der Waals surface area contributed by atoms with Gasteiger partial charge in [-0.05, 0) is 46.6 Å². The van der Waals surface area contributed by atoms with E-state index in [2.05, 4.69) is 0 Å². The monoisotopic (exact) mass is 460 g/mol. The zero-order valence-electron chi connectivity index (χ0n) is 20.1. The lowest BCUT2D eigenvalue weighted by Crippen LogP contribution is -2.59. The number of amides is 2. The molecule has 33 heavy (non-hydrogen) atoms. The second-order valence-electron chi connectivity index (χ2n) is 10.7. The van der Waals surface area contributed by atoms with Crippen molar-refractivity contribution in [1.82, 2.24) is 9.80 Å². The molecule has 2 fully saturated rings. The maximum Gasteiger partial charge on any atom is 0.313 e. The maximum atomic E-state index is 14.0. The molecular weight excluding hydrogens is 424 g/mol. The third-order valence-corrected chi connectivity index (χ3v) is 7.43. The summed E-state index contributed by atoms with van der Waals surface area (Å²) in [5, 5.41) is 9.05. The highest BCUT2D eigenvalue weighted by Crippen LogP contribution is 2.57. The lowest BCUT2D eigenvalue weighted by atomic mass is 9.74. The van der Waals surface area contributed by atoms with Crippen LogP contribution in [-0.2, 0) is 23.9 Å². The molecule has 2 amide bonds. The molecule has 0 bridgehead atoms. The third kappa shape index (κ3) is 3.81. The first kappa shape index (κ1) is 24.0. The van der Waals surface area contributed by atoms with Crippen molar-refractivity contribution < 1.29 is 29.0 Å². The zero-order valence-corrected chi connectivity index (χ0v) is 20.1. The van der Waals surface area contributed by atoms with Crippen LogP contribution >= 0.6 is 0 Å². The molecule has 4 rings (SSSR count). The zero-order chi connectivity index (χ0) is 24.0. The first-order valence-corrected chi connectivity index (χ1v) is 12.0. The van der Waals surface area contributed by atoms with E-state index < -0.39 is 40.6 Å². The van der Waals surface area contributed by atoms with E-state index in [4.69, 9.17) is 14.6 Å². The van der Waals surface area contributed by atoms with Crippen LogP contribution in [0, 0.1) is 11.8 Å². The van der Waals surface area contributed by atoms with Crippen molar-refractivity contribution in [2.75, 3.05) is 26.3 Å². The summed E-state index contributed by atoms with van der Waals surface area (Å²) in [7, 11) is 0. The molecule has 8 nitrogen and oxygen atoms in total. The number of hydrogen-bond acceptors (Lipinski definition) is 6. The van der Waals surface area contributed by atoms with Crippen LogP contribution in [0.3, 0.4) is 0 Å². The molecule has 0 aromatic heterocycles. The van der Waals surface area contributed by atoms with Gasteiger partial charge in [0.15, 0.2) is 0 Å². The van der Waals surface area contributed by atoms with Crippen molar-refractivity contribution in [3.8, 4) is 0 Å². The first-order chi connectivity index (χ1) is 15.6. The molecule has 1 spiro atoms. The van der Waals surface area contributed by atoms with Crippen LogP contribution in [0.15, 0.2) is 24.3 Å². The summed E-state index contributed by atoms with van der Waals surface area (Å²) in [6.45, 7) is 8.85. The van der Waals surface area contributed by atoms with Crippen LogP contribution in [-0.4, -0.2) is 81.8 Å². The van der Waals surface area contributed by atoms with Gasteiger partial charge in [-0.2, -0.15) is 0 Å². The van der Waals surface area contributed by atoms with Crippen molar-refractivity contribution >= 4 is 17.8 Å². The first-order valence-electron chi connectivity index (χ1n) is 12.0. The van der Waals surface area contributed by atoms with Crippen molar-refractivity contribution in [3.63, 3.8) is 0 Å². The van der Waals surface area contributed by atoms with Crippen molar-refractivity contribution in [2.24, 2.45) is 11.8 Å². The summed E-state index contributed by atoms with van der Waals surface area (Å²) >= 11 is 0. The average molecular weight is 461 g/mol. The number of cyclic esters (lactones) is 1. The molecule has 0 radical (unpaired) electrons. The van der Waals surface area contributed by atoms with Crippen molar-refractivity contribution in [2.45, 2.75) is 76.2 Å². The fraction of sp³-hybridized carbons (Fsp3) is 0.720. The van der Waals surface area contributed by atoms with Gasteiger partial charge >= 0.3 is 5.97 Å². The quantitative estimate of drug-likeness (QED) is 0.369. The molecule has 2 saturated heterocycles. The van der Waals surface area contributed by atoms with E-state index in [1.54, 1.807) is 15.9 Å². The number of fused-ring (bicyclic) bond motifs is 2. The molecule has 0 aromatic rings. The number of unbranched alkanes of at least 4 members (excludes halogenated alkanes) is 3. The summed E-state index contributed by atoms with van der Waals surface area (Å²) < 4.78 is 12.0. The summed E-state index contributed by atoms with van der Waals surface area (Å²) in [6.07, 6.45) is 10.4. The van der Waals surface area contributed by atoms with Gasteiger partial charge in [-0.25, -0.2) is 0 Å². The van der Waals surface area contributed by atoms with E-state index in [1.165, 1.54) is 0 Å². The number of nitrogens with zero attached hydrogens (tertiary/aromatic N) is 2. The lowest BCUT2D eigenvalue weighted by molar-refractivity contribution is -0.158. The van der Waals surface area contributed by atoms with E-state index in [9.17, 15) is 14.4 Å². The predicted molar refractivity (Wildman–Crippen MR) is 121 cm³/mol. The molecule has 1 unspecified atom stereocenters. The van der Waals surface area contributed by atoms with Gasteiger partial charge < -0.3 is 24.4 Å². The Labute approximate surface area is 195 Å². The molecule has 0 aliphatic carbocycles. The Hall–Kier alpha value is -2.19. The number of likely N-dealkylation sites (tertiary alicyclic amines) is 1. The Bertz CT molecular complexity index is 877. The van der Waals surface area contributed by atoms with Gasteiger partial charge in [0.25, 0.3) is 0 Å². The number of aliphatic hydroxyl groups is 1. The summed E-state index contributed by atoms with van der Waals surface area (Å²) in [5.41, 5.74) is -2.69. The van der Waals surface area contributed by atoms with E-state index >= 15 is 0 Å². The van der Waals surface area contributed by atoms with Crippen LogP contribution < -0.4 is 0 Å². The van der Waals surface area contributed by atoms with Gasteiger partial charge in [-0.15, -0.1) is 0 Å². The summed E-state index contributed by atoms with van der Waals surface area (Å²) in [5.74, 6) is -2.48. The van der Waals surface area contributed by atoms with E-state index in [1.807, 2.05) is 45.9 Å². The molecule has 5 atom stereocenters.